The Morgan fingerprint density at radius 2 is 2.16 bits per heavy atom. The predicted molar refractivity (Wildman–Crippen MR) is 74.6 cm³/mol. The van der Waals surface area contributed by atoms with Crippen molar-refractivity contribution in [2.75, 3.05) is 13.7 Å². The number of carboxylic acids is 1. The highest BCUT2D eigenvalue weighted by atomic mass is 16.5. The van der Waals surface area contributed by atoms with E-state index in [0.717, 1.165) is 23.6 Å². The summed E-state index contributed by atoms with van der Waals surface area (Å²) in [4.78, 5) is 10.5. The zero-order chi connectivity index (χ0) is 14.3. The van der Waals surface area contributed by atoms with E-state index in [1.807, 2.05) is 6.92 Å². The number of benzene rings is 1. The molecule has 0 bridgehead atoms. The van der Waals surface area contributed by atoms with Crippen LogP contribution in [-0.4, -0.2) is 24.8 Å². The number of carbonyl (C=O) groups is 1. The molecule has 0 amide bonds. The van der Waals surface area contributed by atoms with Crippen LogP contribution in [0.5, 0.6) is 11.5 Å². The van der Waals surface area contributed by atoms with Crippen molar-refractivity contribution in [2.24, 2.45) is 0 Å². The molecule has 1 aromatic carbocycles. The molecule has 19 heavy (non-hydrogen) atoms. The molecule has 0 spiro atoms. The second-order valence-corrected chi connectivity index (χ2v) is 3.97. The van der Waals surface area contributed by atoms with Crippen LogP contribution < -0.4 is 9.47 Å². The van der Waals surface area contributed by atoms with E-state index in [1.165, 1.54) is 6.08 Å². The lowest BCUT2D eigenvalue weighted by Gasteiger charge is -2.12. The Kier molecular flexibility index (Phi) is 5.67. The average Bonchev–Trinajstić information content (AvgIpc) is 2.42. The average molecular weight is 262 g/mol. The van der Waals surface area contributed by atoms with Gasteiger partial charge in [0.25, 0.3) is 0 Å². The van der Waals surface area contributed by atoms with Gasteiger partial charge in [0.1, 0.15) is 6.61 Å². The first-order chi connectivity index (χ1) is 9.06. The Labute approximate surface area is 113 Å². The van der Waals surface area contributed by atoms with Crippen molar-refractivity contribution in [1.29, 1.82) is 0 Å². The van der Waals surface area contributed by atoms with Gasteiger partial charge in [-0.1, -0.05) is 19.6 Å². The van der Waals surface area contributed by atoms with Gasteiger partial charge in [-0.25, -0.2) is 4.79 Å². The molecule has 0 heterocycles. The fourth-order valence-electron chi connectivity index (χ4n) is 1.36. The summed E-state index contributed by atoms with van der Waals surface area (Å²) in [7, 11) is 1.56. The quantitative estimate of drug-likeness (QED) is 0.606. The van der Waals surface area contributed by atoms with E-state index in [0.29, 0.717) is 18.1 Å². The highest BCUT2D eigenvalue weighted by Gasteiger charge is 2.05. The molecule has 4 nitrogen and oxygen atoms in total. The van der Waals surface area contributed by atoms with Gasteiger partial charge in [0, 0.05) is 6.08 Å². The lowest BCUT2D eigenvalue weighted by molar-refractivity contribution is -0.131. The summed E-state index contributed by atoms with van der Waals surface area (Å²) in [5.41, 5.74) is 1.72. The first kappa shape index (κ1) is 14.8. The van der Waals surface area contributed by atoms with E-state index in [1.54, 1.807) is 25.3 Å². The minimum Gasteiger partial charge on any atom is -0.493 e. The minimum absolute atomic E-state index is 0.416. The maximum absolute atomic E-state index is 10.5. The van der Waals surface area contributed by atoms with Gasteiger partial charge < -0.3 is 14.6 Å². The van der Waals surface area contributed by atoms with Crippen LogP contribution >= 0.6 is 0 Å². The van der Waals surface area contributed by atoms with Crippen molar-refractivity contribution in [3.05, 3.63) is 42.0 Å². The van der Waals surface area contributed by atoms with Gasteiger partial charge in [-0.05, 0) is 35.8 Å². The number of aliphatic carboxylic acids is 1. The normalized spacial score (nSPS) is 10.4. The van der Waals surface area contributed by atoms with E-state index in [2.05, 4.69) is 6.58 Å². The maximum atomic E-state index is 10.5. The standard InChI is InChI=1S/C15H18O4/c1-4-11(2)10-19-14-9-12(6-8-15(16)17)5-7-13(14)18-3/h5-9H,2,4,10H2,1,3H3,(H,16,17). The Bertz CT molecular complexity index is 489. The molecule has 1 aromatic rings. The van der Waals surface area contributed by atoms with Gasteiger partial charge in [-0.2, -0.15) is 0 Å². The van der Waals surface area contributed by atoms with Crippen LogP contribution in [0.1, 0.15) is 18.9 Å². The van der Waals surface area contributed by atoms with E-state index >= 15 is 0 Å². The Hall–Kier alpha value is -2.23. The molecule has 0 aliphatic carbocycles. The number of hydrogen-bond donors (Lipinski definition) is 1. The molecule has 0 atom stereocenters. The second kappa shape index (κ2) is 7.26. The van der Waals surface area contributed by atoms with Gasteiger partial charge in [0.05, 0.1) is 7.11 Å². The Morgan fingerprint density at radius 1 is 1.42 bits per heavy atom. The zero-order valence-electron chi connectivity index (χ0n) is 11.2. The number of carboxylic acid groups (broad SMARTS) is 1. The van der Waals surface area contributed by atoms with E-state index in [-0.39, 0.29) is 0 Å². The summed E-state index contributed by atoms with van der Waals surface area (Å²) < 4.78 is 10.8. The fraction of sp³-hybridized carbons (Fsp3) is 0.267. The molecule has 0 aliphatic heterocycles. The molecule has 0 saturated carbocycles. The zero-order valence-corrected chi connectivity index (χ0v) is 11.2. The van der Waals surface area contributed by atoms with Gasteiger partial charge >= 0.3 is 5.97 Å². The Balaban J connectivity index is 2.89. The summed E-state index contributed by atoms with van der Waals surface area (Å²) in [5, 5.41) is 8.60. The van der Waals surface area contributed by atoms with Gasteiger partial charge in [-0.3, -0.25) is 0 Å². The molecule has 0 unspecified atom stereocenters. The van der Waals surface area contributed by atoms with Gasteiger partial charge in [0.15, 0.2) is 11.5 Å². The SMILES string of the molecule is C=C(CC)COc1cc(C=CC(=O)O)ccc1OC. The summed E-state index contributed by atoms with van der Waals surface area (Å²) in [6.45, 7) is 6.29. The van der Waals surface area contributed by atoms with Crippen molar-refractivity contribution >= 4 is 12.0 Å². The van der Waals surface area contributed by atoms with Gasteiger partial charge in [-0.15, -0.1) is 0 Å². The number of methoxy groups -OCH3 is 1. The second-order valence-electron chi connectivity index (χ2n) is 3.97. The Morgan fingerprint density at radius 3 is 2.74 bits per heavy atom. The van der Waals surface area contributed by atoms with Crippen molar-refractivity contribution in [1.82, 2.24) is 0 Å². The van der Waals surface area contributed by atoms with Crippen LogP contribution in [0.4, 0.5) is 0 Å². The molecule has 4 heteroatoms. The molecule has 0 radical (unpaired) electrons. The number of hydrogen-bond acceptors (Lipinski definition) is 3. The molecular weight excluding hydrogens is 244 g/mol. The lowest BCUT2D eigenvalue weighted by Crippen LogP contribution is -2.01. The first-order valence-electron chi connectivity index (χ1n) is 5.95. The molecule has 102 valence electrons. The molecule has 0 aromatic heterocycles. The molecule has 1 rings (SSSR count). The topological polar surface area (TPSA) is 55.8 Å². The molecule has 0 saturated heterocycles. The van der Waals surface area contributed by atoms with E-state index < -0.39 is 5.97 Å². The van der Waals surface area contributed by atoms with Crippen molar-refractivity contribution in [2.45, 2.75) is 13.3 Å². The first-order valence-corrected chi connectivity index (χ1v) is 5.95. The monoisotopic (exact) mass is 262 g/mol. The van der Waals surface area contributed by atoms with Crippen LogP contribution in [0.2, 0.25) is 0 Å². The molecule has 0 fully saturated rings. The molecule has 0 aliphatic rings. The smallest absolute Gasteiger partial charge is 0.328 e. The summed E-state index contributed by atoms with van der Waals surface area (Å²) in [5.74, 6) is 0.193. The third-order valence-electron chi connectivity index (χ3n) is 2.54. The number of rotatable bonds is 7. The summed E-state index contributed by atoms with van der Waals surface area (Å²) in [6.07, 6.45) is 3.43. The lowest BCUT2D eigenvalue weighted by atomic mass is 10.2. The maximum Gasteiger partial charge on any atom is 0.328 e. The van der Waals surface area contributed by atoms with Crippen molar-refractivity contribution < 1.29 is 19.4 Å². The highest BCUT2D eigenvalue weighted by molar-refractivity contribution is 5.85. The molecule has 1 N–H and O–H groups in total. The van der Waals surface area contributed by atoms with E-state index in [9.17, 15) is 4.79 Å². The minimum atomic E-state index is -0.988. The van der Waals surface area contributed by atoms with Gasteiger partial charge in [0.2, 0.25) is 0 Å². The fourth-order valence-corrected chi connectivity index (χ4v) is 1.36. The third-order valence-corrected chi connectivity index (χ3v) is 2.54. The summed E-state index contributed by atoms with van der Waals surface area (Å²) in [6, 6.07) is 5.24. The number of ether oxygens (including phenoxy) is 2. The largest absolute Gasteiger partial charge is 0.493 e. The molecular formula is C15H18O4. The van der Waals surface area contributed by atoms with Crippen LogP contribution in [0.25, 0.3) is 6.08 Å². The van der Waals surface area contributed by atoms with E-state index in [4.69, 9.17) is 14.6 Å². The van der Waals surface area contributed by atoms with Crippen molar-refractivity contribution in [3.63, 3.8) is 0 Å². The van der Waals surface area contributed by atoms with Crippen LogP contribution in [-0.2, 0) is 4.79 Å². The van der Waals surface area contributed by atoms with Crippen molar-refractivity contribution in [3.8, 4) is 11.5 Å². The summed E-state index contributed by atoms with van der Waals surface area (Å²) >= 11 is 0. The van der Waals surface area contributed by atoms with Crippen LogP contribution in [0.3, 0.4) is 0 Å². The van der Waals surface area contributed by atoms with Crippen LogP contribution in [0, 0.1) is 0 Å². The predicted octanol–water partition coefficient (Wildman–Crippen LogP) is 3.14. The van der Waals surface area contributed by atoms with Crippen LogP contribution in [0.15, 0.2) is 36.4 Å². The highest BCUT2D eigenvalue weighted by Crippen LogP contribution is 2.29. The third kappa shape index (κ3) is 4.87.